The molecule has 1 aliphatic carbocycles. The van der Waals surface area contributed by atoms with Crippen molar-refractivity contribution in [1.82, 2.24) is 19.6 Å². The second kappa shape index (κ2) is 5.72. The van der Waals surface area contributed by atoms with Gasteiger partial charge in [0.25, 0.3) is 0 Å². The molecule has 0 aromatic carbocycles. The molecule has 0 aliphatic heterocycles. The van der Waals surface area contributed by atoms with E-state index in [4.69, 9.17) is 5.10 Å². The summed E-state index contributed by atoms with van der Waals surface area (Å²) in [4.78, 5) is 8.89. The predicted molar refractivity (Wildman–Crippen MR) is 86.5 cm³/mol. The molecular weight excluding hydrogens is 272 g/mol. The first kappa shape index (κ1) is 13.2. The summed E-state index contributed by atoms with van der Waals surface area (Å²) in [5, 5.41) is 4.73. The highest BCUT2D eigenvalue weighted by atomic mass is 15.2. The van der Waals surface area contributed by atoms with Crippen LogP contribution in [0.2, 0.25) is 0 Å². The van der Waals surface area contributed by atoms with E-state index >= 15 is 0 Å². The Labute approximate surface area is 129 Å². The van der Waals surface area contributed by atoms with Crippen LogP contribution in [0.25, 0.3) is 11.2 Å². The quantitative estimate of drug-likeness (QED) is 0.739. The van der Waals surface area contributed by atoms with Crippen LogP contribution in [0.3, 0.4) is 0 Å². The zero-order valence-corrected chi connectivity index (χ0v) is 12.4. The minimum atomic E-state index is 0.782. The number of pyridine rings is 1. The fourth-order valence-corrected chi connectivity index (χ4v) is 3.04. The number of fused-ring (bicyclic) bond motifs is 1. The van der Waals surface area contributed by atoms with Crippen LogP contribution >= 0.6 is 0 Å². The first-order chi connectivity index (χ1) is 10.9. The van der Waals surface area contributed by atoms with Gasteiger partial charge < -0.3 is 0 Å². The molecule has 3 aromatic rings. The fourth-order valence-electron chi connectivity index (χ4n) is 3.04. The lowest BCUT2D eigenvalue weighted by atomic mass is 9.96. The highest BCUT2D eigenvalue weighted by Crippen LogP contribution is 2.27. The SMILES string of the molecule is C1=C(c2cc(Cc3ccccn3)c3nccn3n2)CCCC1. The number of imidazole rings is 1. The number of allylic oxidation sites excluding steroid dienone is 2. The van der Waals surface area contributed by atoms with Gasteiger partial charge in [0.1, 0.15) is 0 Å². The summed E-state index contributed by atoms with van der Waals surface area (Å²) in [6.07, 6.45) is 13.5. The molecule has 0 radical (unpaired) electrons. The lowest BCUT2D eigenvalue weighted by Crippen LogP contribution is -2.04. The topological polar surface area (TPSA) is 43.1 Å². The van der Waals surface area contributed by atoms with Gasteiger partial charge in [-0.2, -0.15) is 5.10 Å². The molecule has 0 atom stereocenters. The van der Waals surface area contributed by atoms with Crippen LogP contribution < -0.4 is 0 Å². The van der Waals surface area contributed by atoms with E-state index in [1.165, 1.54) is 24.0 Å². The van der Waals surface area contributed by atoms with E-state index in [2.05, 4.69) is 28.2 Å². The molecule has 0 bridgehead atoms. The summed E-state index contributed by atoms with van der Waals surface area (Å²) < 4.78 is 1.89. The maximum Gasteiger partial charge on any atom is 0.157 e. The van der Waals surface area contributed by atoms with E-state index < -0.39 is 0 Å². The first-order valence-corrected chi connectivity index (χ1v) is 7.83. The highest BCUT2D eigenvalue weighted by molar-refractivity contribution is 5.65. The van der Waals surface area contributed by atoms with E-state index in [1.807, 2.05) is 35.2 Å². The Kier molecular flexibility index (Phi) is 3.43. The molecule has 1 aliphatic rings. The van der Waals surface area contributed by atoms with Gasteiger partial charge in [0, 0.05) is 36.3 Å². The van der Waals surface area contributed by atoms with E-state index in [9.17, 15) is 0 Å². The van der Waals surface area contributed by atoms with Crippen molar-refractivity contribution < 1.29 is 0 Å². The fraction of sp³-hybridized carbons (Fsp3) is 0.278. The van der Waals surface area contributed by atoms with Crippen molar-refractivity contribution in [1.29, 1.82) is 0 Å². The summed E-state index contributed by atoms with van der Waals surface area (Å²) in [5.41, 5.74) is 5.61. The molecule has 4 nitrogen and oxygen atoms in total. The average molecular weight is 290 g/mol. The minimum absolute atomic E-state index is 0.782. The Morgan fingerprint density at radius 3 is 2.91 bits per heavy atom. The summed E-state index contributed by atoms with van der Waals surface area (Å²) >= 11 is 0. The van der Waals surface area contributed by atoms with Crippen molar-refractivity contribution in [3.05, 3.63) is 65.9 Å². The molecule has 0 fully saturated rings. The molecular formula is C18H18N4. The lowest BCUT2D eigenvalue weighted by molar-refractivity contribution is 0.736. The second-order valence-electron chi connectivity index (χ2n) is 5.72. The molecule has 0 spiro atoms. The van der Waals surface area contributed by atoms with Crippen LogP contribution in [0.4, 0.5) is 0 Å². The Morgan fingerprint density at radius 1 is 1.09 bits per heavy atom. The molecule has 22 heavy (non-hydrogen) atoms. The van der Waals surface area contributed by atoms with E-state index in [0.29, 0.717) is 0 Å². The summed E-state index contributed by atoms with van der Waals surface area (Å²) in [6, 6.07) is 8.21. The van der Waals surface area contributed by atoms with Crippen molar-refractivity contribution in [3.8, 4) is 0 Å². The molecule has 0 saturated carbocycles. The Hall–Kier alpha value is -2.49. The summed E-state index contributed by atoms with van der Waals surface area (Å²) in [7, 11) is 0. The number of hydrogen-bond acceptors (Lipinski definition) is 3. The summed E-state index contributed by atoms with van der Waals surface area (Å²) in [5.74, 6) is 0. The van der Waals surface area contributed by atoms with Gasteiger partial charge in [0.15, 0.2) is 5.65 Å². The van der Waals surface area contributed by atoms with Gasteiger partial charge in [-0.3, -0.25) is 4.98 Å². The van der Waals surface area contributed by atoms with Gasteiger partial charge in [-0.25, -0.2) is 9.50 Å². The molecule has 0 saturated heterocycles. The summed E-state index contributed by atoms with van der Waals surface area (Å²) in [6.45, 7) is 0. The molecule has 3 heterocycles. The Balaban J connectivity index is 1.79. The molecule has 0 amide bonds. The predicted octanol–water partition coefficient (Wildman–Crippen LogP) is 3.67. The van der Waals surface area contributed by atoms with Crippen molar-refractivity contribution in [3.63, 3.8) is 0 Å². The monoisotopic (exact) mass is 290 g/mol. The van der Waals surface area contributed by atoms with Crippen molar-refractivity contribution in [2.45, 2.75) is 32.1 Å². The Morgan fingerprint density at radius 2 is 2.09 bits per heavy atom. The van der Waals surface area contributed by atoms with Gasteiger partial charge in [-0.1, -0.05) is 12.1 Å². The first-order valence-electron chi connectivity index (χ1n) is 7.83. The molecule has 0 unspecified atom stereocenters. The molecule has 4 rings (SSSR count). The standard InChI is InChI=1S/C18H18N4/c1-2-6-14(7-3-1)17-13-15(12-16-8-4-5-9-19-16)18-20-10-11-22(18)21-17/h4-6,8-11,13H,1-3,7,12H2. The zero-order chi connectivity index (χ0) is 14.8. The molecule has 3 aromatic heterocycles. The minimum Gasteiger partial charge on any atom is -0.261 e. The normalized spacial score (nSPS) is 15.0. The van der Waals surface area contributed by atoms with Crippen LogP contribution in [0, 0.1) is 0 Å². The second-order valence-corrected chi connectivity index (χ2v) is 5.72. The highest BCUT2D eigenvalue weighted by Gasteiger charge is 2.13. The van der Waals surface area contributed by atoms with Crippen molar-refractivity contribution >= 4 is 11.2 Å². The zero-order valence-electron chi connectivity index (χ0n) is 12.4. The van der Waals surface area contributed by atoms with Gasteiger partial charge >= 0.3 is 0 Å². The number of hydrogen-bond donors (Lipinski definition) is 0. The molecule has 0 N–H and O–H groups in total. The van der Waals surface area contributed by atoms with Crippen LogP contribution in [0.1, 0.15) is 42.6 Å². The number of nitrogens with zero attached hydrogens (tertiary/aromatic N) is 4. The van der Waals surface area contributed by atoms with E-state index in [0.717, 1.165) is 36.3 Å². The third-order valence-electron chi connectivity index (χ3n) is 4.15. The maximum atomic E-state index is 4.73. The van der Waals surface area contributed by atoms with Crippen LogP contribution in [-0.2, 0) is 6.42 Å². The lowest BCUT2D eigenvalue weighted by Gasteiger charge is -2.13. The molecule has 110 valence electrons. The smallest absolute Gasteiger partial charge is 0.157 e. The van der Waals surface area contributed by atoms with Crippen molar-refractivity contribution in [2.75, 3.05) is 0 Å². The van der Waals surface area contributed by atoms with Crippen LogP contribution in [0.5, 0.6) is 0 Å². The maximum absolute atomic E-state index is 4.73. The van der Waals surface area contributed by atoms with E-state index in [-0.39, 0.29) is 0 Å². The number of rotatable bonds is 3. The van der Waals surface area contributed by atoms with Crippen molar-refractivity contribution in [2.24, 2.45) is 0 Å². The Bertz CT molecular complexity index is 817. The van der Waals surface area contributed by atoms with Gasteiger partial charge in [0.2, 0.25) is 0 Å². The average Bonchev–Trinajstić information content (AvgIpc) is 3.05. The molecule has 4 heteroatoms. The number of aromatic nitrogens is 4. The largest absolute Gasteiger partial charge is 0.261 e. The van der Waals surface area contributed by atoms with E-state index in [1.54, 1.807) is 0 Å². The van der Waals surface area contributed by atoms with Crippen LogP contribution in [-0.4, -0.2) is 19.6 Å². The third kappa shape index (κ3) is 2.52. The van der Waals surface area contributed by atoms with Gasteiger partial charge in [-0.05, 0) is 49.5 Å². The van der Waals surface area contributed by atoms with Crippen LogP contribution in [0.15, 0.2) is 48.9 Å². The third-order valence-corrected chi connectivity index (χ3v) is 4.15. The van der Waals surface area contributed by atoms with Gasteiger partial charge in [0.05, 0.1) is 5.69 Å². The van der Waals surface area contributed by atoms with Gasteiger partial charge in [-0.15, -0.1) is 0 Å².